The molecule has 0 amide bonds. The molecule has 1 fully saturated rings. The summed E-state index contributed by atoms with van der Waals surface area (Å²) in [7, 11) is 0. The molecule has 1 unspecified atom stereocenters. The van der Waals surface area contributed by atoms with Gasteiger partial charge >= 0.3 is 0 Å². The molecule has 6 heteroatoms. The van der Waals surface area contributed by atoms with Crippen molar-refractivity contribution in [2.45, 2.75) is 39.7 Å². The van der Waals surface area contributed by atoms with Crippen molar-refractivity contribution < 1.29 is 4.52 Å². The van der Waals surface area contributed by atoms with Crippen LogP contribution in [-0.4, -0.2) is 43.3 Å². The molecule has 0 saturated carbocycles. The van der Waals surface area contributed by atoms with Gasteiger partial charge in [-0.3, -0.25) is 4.99 Å². The fourth-order valence-electron chi connectivity index (χ4n) is 3.40. The predicted octanol–water partition coefficient (Wildman–Crippen LogP) is 2.67. The SMILES string of the molecule is CCNC(=NCCc1c(C)noc1C)NC1CCN(c2ccccc2)C1. The Hall–Kier alpha value is -2.50. The Morgan fingerprint density at radius 2 is 2.12 bits per heavy atom. The summed E-state index contributed by atoms with van der Waals surface area (Å²) in [5.41, 5.74) is 3.42. The van der Waals surface area contributed by atoms with E-state index in [9.17, 15) is 0 Å². The molecule has 1 aromatic heterocycles. The van der Waals surface area contributed by atoms with Gasteiger partial charge in [-0.1, -0.05) is 23.4 Å². The fraction of sp³-hybridized carbons (Fsp3) is 0.500. The number of nitrogens with zero attached hydrogens (tertiary/aromatic N) is 3. The summed E-state index contributed by atoms with van der Waals surface area (Å²) >= 11 is 0. The van der Waals surface area contributed by atoms with E-state index in [0.29, 0.717) is 12.6 Å². The number of hydrogen-bond acceptors (Lipinski definition) is 4. The molecular formula is C20H29N5O. The molecule has 26 heavy (non-hydrogen) atoms. The lowest BCUT2D eigenvalue weighted by atomic mass is 10.1. The van der Waals surface area contributed by atoms with Crippen molar-refractivity contribution in [3.8, 4) is 0 Å². The van der Waals surface area contributed by atoms with Crippen molar-refractivity contribution in [2.75, 3.05) is 31.1 Å². The second kappa shape index (κ2) is 8.74. The zero-order valence-corrected chi connectivity index (χ0v) is 16.0. The lowest BCUT2D eigenvalue weighted by molar-refractivity contribution is 0.392. The third-order valence-electron chi connectivity index (χ3n) is 4.81. The van der Waals surface area contributed by atoms with Crippen molar-refractivity contribution in [2.24, 2.45) is 4.99 Å². The highest BCUT2D eigenvalue weighted by Gasteiger charge is 2.23. The van der Waals surface area contributed by atoms with Crippen LogP contribution >= 0.6 is 0 Å². The lowest BCUT2D eigenvalue weighted by Crippen LogP contribution is -2.44. The molecule has 1 aromatic carbocycles. The van der Waals surface area contributed by atoms with E-state index in [1.807, 2.05) is 13.8 Å². The smallest absolute Gasteiger partial charge is 0.191 e. The lowest BCUT2D eigenvalue weighted by Gasteiger charge is -2.20. The Kier molecular flexibility index (Phi) is 6.15. The van der Waals surface area contributed by atoms with Gasteiger partial charge in [0, 0.05) is 43.5 Å². The van der Waals surface area contributed by atoms with E-state index in [0.717, 1.165) is 49.9 Å². The number of guanidine groups is 1. The summed E-state index contributed by atoms with van der Waals surface area (Å²) in [6.45, 7) is 9.67. The minimum Gasteiger partial charge on any atom is -0.369 e. The minimum absolute atomic E-state index is 0.409. The number of anilines is 1. The highest BCUT2D eigenvalue weighted by molar-refractivity contribution is 5.80. The van der Waals surface area contributed by atoms with Crippen LogP contribution in [0.15, 0.2) is 39.8 Å². The molecule has 0 radical (unpaired) electrons. The monoisotopic (exact) mass is 355 g/mol. The molecule has 140 valence electrons. The normalized spacial score (nSPS) is 17.6. The van der Waals surface area contributed by atoms with Gasteiger partial charge < -0.3 is 20.1 Å². The van der Waals surface area contributed by atoms with E-state index in [4.69, 9.17) is 9.52 Å². The van der Waals surface area contributed by atoms with Gasteiger partial charge in [0.25, 0.3) is 0 Å². The Labute approximate surface area is 155 Å². The Balaban J connectivity index is 1.55. The van der Waals surface area contributed by atoms with Crippen molar-refractivity contribution in [1.29, 1.82) is 0 Å². The fourth-order valence-corrected chi connectivity index (χ4v) is 3.40. The van der Waals surface area contributed by atoms with E-state index < -0.39 is 0 Å². The molecule has 1 saturated heterocycles. The van der Waals surface area contributed by atoms with Crippen LogP contribution in [0.2, 0.25) is 0 Å². The van der Waals surface area contributed by atoms with Gasteiger partial charge in [0.1, 0.15) is 5.76 Å². The van der Waals surface area contributed by atoms with Gasteiger partial charge in [0.2, 0.25) is 0 Å². The first-order chi connectivity index (χ1) is 12.7. The summed E-state index contributed by atoms with van der Waals surface area (Å²) in [4.78, 5) is 7.16. The summed E-state index contributed by atoms with van der Waals surface area (Å²) in [6, 6.07) is 11.0. The maximum absolute atomic E-state index is 5.23. The first-order valence-electron chi connectivity index (χ1n) is 9.44. The molecule has 1 aliphatic rings. The number of aliphatic imine (C=N–C) groups is 1. The predicted molar refractivity (Wildman–Crippen MR) is 106 cm³/mol. The maximum atomic E-state index is 5.23. The number of benzene rings is 1. The molecule has 1 aliphatic heterocycles. The van der Waals surface area contributed by atoms with E-state index >= 15 is 0 Å². The van der Waals surface area contributed by atoms with Crippen LogP contribution in [0.5, 0.6) is 0 Å². The molecule has 1 atom stereocenters. The van der Waals surface area contributed by atoms with Crippen LogP contribution in [0.4, 0.5) is 5.69 Å². The third-order valence-corrected chi connectivity index (χ3v) is 4.81. The standard InChI is InChI=1S/C20H29N5O/c1-4-21-20(22-12-10-19-15(2)24-26-16(19)3)23-17-11-13-25(14-17)18-8-6-5-7-9-18/h5-9,17H,4,10-14H2,1-3H3,(H2,21,22,23). The van der Waals surface area contributed by atoms with Crippen molar-refractivity contribution in [3.05, 3.63) is 47.3 Å². The van der Waals surface area contributed by atoms with Gasteiger partial charge in [0.15, 0.2) is 5.96 Å². The van der Waals surface area contributed by atoms with Crippen molar-refractivity contribution >= 4 is 11.6 Å². The number of aromatic nitrogens is 1. The highest BCUT2D eigenvalue weighted by atomic mass is 16.5. The number of hydrogen-bond donors (Lipinski definition) is 2. The maximum Gasteiger partial charge on any atom is 0.191 e. The van der Waals surface area contributed by atoms with Gasteiger partial charge in [-0.2, -0.15) is 0 Å². The van der Waals surface area contributed by atoms with Crippen LogP contribution in [0.1, 0.15) is 30.4 Å². The van der Waals surface area contributed by atoms with Gasteiger partial charge in [-0.05, 0) is 45.7 Å². The van der Waals surface area contributed by atoms with Crippen molar-refractivity contribution in [3.63, 3.8) is 0 Å². The molecule has 0 spiro atoms. The van der Waals surface area contributed by atoms with E-state index in [-0.39, 0.29) is 0 Å². The van der Waals surface area contributed by atoms with Crippen molar-refractivity contribution in [1.82, 2.24) is 15.8 Å². The number of para-hydroxylation sites is 1. The summed E-state index contributed by atoms with van der Waals surface area (Å²) in [5, 5.41) is 10.9. The minimum atomic E-state index is 0.409. The zero-order valence-electron chi connectivity index (χ0n) is 16.0. The van der Waals surface area contributed by atoms with Gasteiger partial charge in [-0.15, -0.1) is 0 Å². The average molecular weight is 355 g/mol. The molecule has 2 aromatic rings. The topological polar surface area (TPSA) is 65.7 Å². The van der Waals surface area contributed by atoms with Crippen LogP contribution < -0.4 is 15.5 Å². The molecule has 3 rings (SSSR count). The van der Waals surface area contributed by atoms with E-state index in [1.54, 1.807) is 0 Å². The number of nitrogens with one attached hydrogen (secondary N) is 2. The van der Waals surface area contributed by atoms with Crippen LogP contribution in [0.3, 0.4) is 0 Å². The zero-order chi connectivity index (χ0) is 18.4. The average Bonchev–Trinajstić information content (AvgIpc) is 3.24. The Bertz CT molecular complexity index is 706. The van der Waals surface area contributed by atoms with Gasteiger partial charge in [-0.25, -0.2) is 0 Å². The van der Waals surface area contributed by atoms with Crippen LogP contribution in [-0.2, 0) is 6.42 Å². The largest absolute Gasteiger partial charge is 0.369 e. The Morgan fingerprint density at radius 3 is 2.81 bits per heavy atom. The van der Waals surface area contributed by atoms with E-state index in [2.05, 4.69) is 57.9 Å². The second-order valence-electron chi connectivity index (χ2n) is 6.72. The summed E-state index contributed by atoms with van der Waals surface area (Å²) in [6.07, 6.45) is 1.96. The highest BCUT2D eigenvalue weighted by Crippen LogP contribution is 2.19. The molecule has 6 nitrogen and oxygen atoms in total. The molecular weight excluding hydrogens is 326 g/mol. The Morgan fingerprint density at radius 1 is 1.31 bits per heavy atom. The van der Waals surface area contributed by atoms with Crippen LogP contribution in [0, 0.1) is 13.8 Å². The molecule has 2 heterocycles. The van der Waals surface area contributed by atoms with Gasteiger partial charge in [0.05, 0.1) is 5.69 Å². The first-order valence-corrected chi connectivity index (χ1v) is 9.44. The van der Waals surface area contributed by atoms with Crippen LogP contribution in [0.25, 0.3) is 0 Å². The third kappa shape index (κ3) is 4.56. The summed E-state index contributed by atoms with van der Waals surface area (Å²) in [5.74, 6) is 1.78. The summed E-state index contributed by atoms with van der Waals surface area (Å²) < 4.78 is 5.23. The quantitative estimate of drug-likeness (QED) is 0.616. The molecule has 2 N–H and O–H groups in total. The first kappa shape index (κ1) is 18.3. The second-order valence-corrected chi connectivity index (χ2v) is 6.72. The van der Waals surface area contributed by atoms with E-state index in [1.165, 1.54) is 11.3 Å². The number of aryl methyl sites for hydroxylation is 2. The molecule has 0 aliphatic carbocycles. The molecule has 0 bridgehead atoms. The number of rotatable bonds is 6.